The summed E-state index contributed by atoms with van der Waals surface area (Å²) in [6, 6.07) is 5.78. The van der Waals surface area contributed by atoms with Crippen LogP contribution in [0.4, 0.5) is 5.82 Å². The Bertz CT molecular complexity index is 1310. The third-order valence-corrected chi connectivity index (χ3v) is 6.61. The molecule has 33 heavy (non-hydrogen) atoms. The molecule has 0 saturated carbocycles. The topological polar surface area (TPSA) is 103 Å². The summed E-state index contributed by atoms with van der Waals surface area (Å²) in [5, 5.41) is 9.82. The lowest BCUT2D eigenvalue weighted by atomic mass is 10.0. The van der Waals surface area contributed by atoms with E-state index in [0.717, 1.165) is 64.3 Å². The summed E-state index contributed by atoms with van der Waals surface area (Å²) in [4.78, 5) is 13.9. The Morgan fingerprint density at radius 2 is 2.09 bits per heavy atom. The van der Waals surface area contributed by atoms with E-state index in [0.29, 0.717) is 12.4 Å². The largest absolute Gasteiger partial charge is 0.367 e. The number of aryl methyl sites for hydroxylation is 1. The number of rotatable bonds is 8. The molecule has 8 heteroatoms. The number of fused-ring (bicyclic) bond motifs is 1. The van der Waals surface area contributed by atoms with Gasteiger partial charge in [-0.15, -0.1) is 11.3 Å². The van der Waals surface area contributed by atoms with Crippen molar-refractivity contribution in [3.63, 3.8) is 0 Å². The van der Waals surface area contributed by atoms with E-state index in [2.05, 4.69) is 39.1 Å². The summed E-state index contributed by atoms with van der Waals surface area (Å²) < 4.78 is 6.42. The molecule has 1 aliphatic carbocycles. The highest BCUT2D eigenvalue weighted by Crippen LogP contribution is 2.37. The second-order valence-corrected chi connectivity index (χ2v) is 8.97. The standard InChI is InChI=1S/C25H26N6OS/c1-2-19-13-21(31-32-19)20-15-33-23-22(20)29-24(17-8-10-27-11-9-17)30-25(23)28-14-18(26)12-16-6-4-3-5-7-16/h4,6-11,13,15,18H,2-3,5,12,14,26H2,1H3,(H,28,29,30)/t18-/m0/s1. The maximum Gasteiger partial charge on any atom is 0.162 e. The van der Waals surface area contributed by atoms with Gasteiger partial charge in [-0.3, -0.25) is 4.98 Å². The summed E-state index contributed by atoms with van der Waals surface area (Å²) in [6.45, 7) is 2.66. The van der Waals surface area contributed by atoms with Gasteiger partial charge in [0.05, 0.1) is 10.2 Å². The average Bonchev–Trinajstić information content (AvgIpc) is 3.50. The zero-order chi connectivity index (χ0) is 22.6. The molecular formula is C25H26N6OS. The highest BCUT2D eigenvalue weighted by Gasteiger charge is 2.18. The first kappa shape index (κ1) is 21.5. The van der Waals surface area contributed by atoms with E-state index in [1.54, 1.807) is 23.7 Å². The SMILES string of the molecule is CCc1cc(-c2csc3c(NC[C@@H](N)CC4=CCCC=C4)nc(-c4ccncc4)nc23)no1. The highest BCUT2D eigenvalue weighted by molar-refractivity contribution is 7.18. The number of nitrogens with zero attached hydrogens (tertiary/aromatic N) is 4. The van der Waals surface area contributed by atoms with Crippen LogP contribution in [-0.2, 0) is 6.42 Å². The van der Waals surface area contributed by atoms with Gasteiger partial charge in [0, 0.05) is 54.0 Å². The minimum Gasteiger partial charge on any atom is -0.367 e. The van der Waals surface area contributed by atoms with Gasteiger partial charge in [-0.2, -0.15) is 0 Å². The van der Waals surface area contributed by atoms with Gasteiger partial charge in [0.15, 0.2) is 5.82 Å². The number of hydrogen-bond acceptors (Lipinski definition) is 8. The van der Waals surface area contributed by atoms with Gasteiger partial charge in [0.25, 0.3) is 0 Å². The van der Waals surface area contributed by atoms with Crippen molar-refractivity contribution in [1.82, 2.24) is 20.1 Å². The van der Waals surface area contributed by atoms with Crippen LogP contribution in [0.25, 0.3) is 32.9 Å². The molecule has 0 amide bonds. The first-order valence-electron chi connectivity index (χ1n) is 11.2. The van der Waals surface area contributed by atoms with E-state index < -0.39 is 0 Å². The lowest BCUT2D eigenvalue weighted by molar-refractivity contribution is 0.389. The van der Waals surface area contributed by atoms with E-state index in [1.807, 2.05) is 25.1 Å². The normalized spacial score (nSPS) is 14.4. The first-order chi connectivity index (χ1) is 16.2. The van der Waals surface area contributed by atoms with Gasteiger partial charge in [0.1, 0.15) is 17.3 Å². The summed E-state index contributed by atoms with van der Waals surface area (Å²) >= 11 is 1.60. The number of pyridine rings is 1. The highest BCUT2D eigenvalue weighted by atomic mass is 32.1. The van der Waals surface area contributed by atoms with Crippen molar-refractivity contribution in [1.29, 1.82) is 0 Å². The second kappa shape index (κ2) is 9.64. The number of nitrogens with two attached hydrogens (primary N) is 1. The van der Waals surface area contributed by atoms with E-state index in [1.165, 1.54) is 5.57 Å². The minimum absolute atomic E-state index is 0.0181. The molecule has 0 saturated heterocycles. The quantitative estimate of drug-likeness (QED) is 0.365. The van der Waals surface area contributed by atoms with Crippen LogP contribution in [0.15, 0.2) is 64.3 Å². The molecule has 0 unspecified atom stereocenters. The fourth-order valence-electron chi connectivity index (χ4n) is 3.88. The number of thiophene rings is 1. The van der Waals surface area contributed by atoms with Crippen molar-refractivity contribution >= 4 is 27.4 Å². The van der Waals surface area contributed by atoms with Crippen molar-refractivity contribution in [3.05, 3.63) is 65.5 Å². The molecule has 4 aromatic heterocycles. The molecule has 4 heterocycles. The van der Waals surface area contributed by atoms with Crippen molar-refractivity contribution < 1.29 is 4.52 Å². The number of hydrogen-bond donors (Lipinski definition) is 2. The van der Waals surface area contributed by atoms with Crippen LogP contribution >= 0.6 is 11.3 Å². The van der Waals surface area contributed by atoms with Crippen LogP contribution in [0.2, 0.25) is 0 Å². The Hall–Kier alpha value is -3.36. The Labute approximate surface area is 196 Å². The van der Waals surface area contributed by atoms with Crippen molar-refractivity contribution in [2.75, 3.05) is 11.9 Å². The van der Waals surface area contributed by atoms with Crippen molar-refractivity contribution in [2.24, 2.45) is 5.73 Å². The predicted octanol–water partition coefficient (Wildman–Crippen LogP) is 5.38. The maximum absolute atomic E-state index is 6.45. The fourth-order valence-corrected chi connectivity index (χ4v) is 4.84. The summed E-state index contributed by atoms with van der Waals surface area (Å²) in [7, 11) is 0. The summed E-state index contributed by atoms with van der Waals surface area (Å²) in [6.07, 6.45) is 14.0. The third-order valence-electron chi connectivity index (χ3n) is 5.64. The lowest BCUT2D eigenvalue weighted by Crippen LogP contribution is -2.29. The monoisotopic (exact) mass is 458 g/mol. The van der Waals surface area contributed by atoms with Crippen molar-refractivity contribution in [2.45, 2.75) is 38.6 Å². The van der Waals surface area contributed by atoms with Crippen LogP contribution in [0.1, 0.15) is 31.9 Å². The van der Waals surface area contributed by atoms with Gasteiger partial charge >= 0.3 is 0 Å². The molecule has 3 N–H and O–H groups in total. The molecule has 1 aliphatic rings. The maximum atomic E-state index is 6.45. The number of anilines is 1. The Morgan fingerprint density at radius 3 is 2.85 bits per heavy atom. The Kier molecular flexibility index (Phi) is 6.28. The smallest absolute Gasteiger partial charge is 0.162 e. The second-order valence-electron chi connectivity index (χ2n) is 8.09. The van der Waals surface area contributed by atoms with Crippen molar-refractivity contribution in [3.8, 4) is 22.6 Å². The van der Waals surface area contributed by atoms with Crippen LogP contribution in [0, 0.1) is 0 Å². The third kappa shape index (κ3) is 4.72. The molecule has 0 aliphatic heterocycles. The molecule has 0 aromatic carbocycles. The van der Waals surface area contributed by atoms with Gasteiger partial charge < -0.3 is 15.6 Å². The first-order valence-corrected chi connectivity index (χ1v) is 12.1. The number of nitrogens with one attached hydrogen (secondary N) is 1. The predicted molar refractivity (Wildman–Crippen MR) is 133 cm³/mol. The molecule has 0 radical (unpaired) electrons. The molecule has 5 rings (SSSR count). The minimum atomic E-state index is -0.0181. The Morgan fingerprint density at radius 1 is 1.21 bits per heavy atom. The summed E-state index contributed by atoms with van der Waals surface area (Å²) in [5.41, 5.74) is 11.2. The van der Waals surface area contributed by atoms with Gasteiger partial charge in [0.2, 0.25) is 0 Å². The number of aromatic nitrogens is 4. The molecule has 0 spiro atoms. The number of allylic oxidation sites excluding steroid dienone is 3. The molecule has 1 atom stereocenters. The molecule has 7 nitrogen and oxygen atoms in total. The van der Waals surface area contributed by atoms with Crippen LogP contribution in [0.5, 0.6) is 0 Å². The lowest BCUT2D eigenvalue weighted by Gasteiger charge is -2.16. The molecule has 168 valence electrons. The van der Waals surface area contributed by atoms with E-state index in [4.69, 9.17) is 20.2 Å². The van der Waals surface area contributed by atoms with Gasteiger partial charge in [-0.25, -0.2) is 9.97 Å². The molecule has 0 fully saturated rings. The van der Waals surface area contributed by atoms with Crippen LogP contribution < -0.4 is 11.1 Å². The van der Waals surface area contributed by atoms with E-state index >= 15 is 0 Å². The van der Waals surface area contributed by atoms with E-state index in [-0.39, 0.29) is 6.04 Å². The average molecular weight is 459 g/mol. The zero-order valence-electron chi connectivity index (χ0n) is 18.5. The molecule has 4 aromatic rings. The Balaban J connectivity index is 1.48. The van der Waals surface area contributed by atoms with Crippen LogP contribution in [0.3, 0.4) is 0 Å². The van der Waals surface area contributed by atoms with Gasteiger partial charge in [-0.05, 0) is 31.4 Å². The van der Waals surface area contributed by atoms with Crippen LogP contribution in [-0.4, -0.2) is 32.7 Å². The molecular weight excluding hydrogens is 432 g/mol. The van der Waals surface area contributed by atoms with E-state index in [9.17, 15) is 0 Å². The zero-order valence-corrected chi connectivity index (χ0v) is 19.3. The molecule has 0 bridgehead atoms. The van der Waals surface area contributed by atoms with Gasteiger partial charge in [-0.1, -0.05) is 35.9 Å². The summed E-state index contributed by atoms with van der Waals surface area (Å²) in [5.74, 6) is 2.27. The fraction of sp³-hybridized carbons (Fsp3) is 0.280.